The van der Waals surface area contributed by atoms with Crippen LogP contribution < -0.4 is 0 Å². The molecule has 1 aromatic rings. The molecule has 1 fully saturated rings. The van der Waals surface area contributed by atoms with Crippen molar-refractivity contribution in [2.45, 2.75) is 26.8 Å². The molecule has 1 atom stereocenters. The number of carbonyl (C=O) groups is 1. The predicted octanol–water partition coefficient (Wildman–Crippen LogP) is 3.20. The zero-order valence-corrected chi connectivity index (χ0v) is 11.0. The molecule has 2 rings (SSSR count). The number of hydrogen-bond donors (Lipinski definition) is 0. The van der Waals surface area contributed by atoms with Crippen molar-refractivity contribution in [2.75, 3.05) is 6.61 Å². The molecular weight excluding hydrogens is 238 g/mol. The van der Waals surface area contributed by atoms with E-state index in [0.29, 0.717) is 11.6 Å². The van der Waals surface area contributed by atoms with Gasteiger partial charge in [-0.2, -0.15) is 0 Å². The highest BCUT2D eigenvalue weighted by Crippen LogP contribution is 2.35. The van der Waals surface area contributed by atoms with Gasteiger partial charge >= 0.3 is 0 Å². The Kier molecular flexibility index (Phi) is 3.15. The Balaban J connectivity index is 2.26. The number of carbonyl (C=O) groups excluding carboxylic acids is 1. The van der Waals surface area contributed by atoms with Gasteiger partial charge in [-0.25, -0.2) is 5.06 Å². The van der Waals surface area contributed by atoms with Gasteiger partial charge in [0, 0.05) is 5.02 Å². The molecule has 92 valence electrons. The van der Waals surface area contributed by atoms with Gasteiger partial charge in [0.25, 0.3) is 5.91 Å². The summed E-state index contributed by atoms with van der Waals surface area (Å²) < 4.78 is 0. The van der Waals surface area contributed by atoms with Gasteiger partial charge in [-0.3, -0.25) is 9.63 Å². The highest BCUT2D eigenvalue weighted by Gasteiger charge is 2.42. The molecule has 1 aliphatic heterocycles. The number of halogens is 1. The van der Waals surface area contributed by atoms with Crippen LogP contribution in [-0.4, -0.2) is 17.6 Å². The summed E-state index contributed by atoms with van der Waals surface area (Å²) in [5, 5.41) is 2.09. The summed E-state index contributed by atoms with van der Waals surface area (Å²) in [4.78, 5) is 17.6. The van der Waals surface area contributed by atoms with Crippen LogP contribution in [0.4, 0.5) is 0 Å². The van der Waals surface area contributed by atoms with Crippen LogP contribution in [0.3, 0.4) is 0 Å². The second-order valence-corrected chi connectivity index (χ2v) is 5.39. The molecule has 0 bridgehead atoms. The lowest BCUT2D eigenvalue weighted by Gasteiger charge is -2.24. The number of hydroxylamine groups is 2. The van der Waals surface area contributed by atoms with Crippen LogP contribution in [-0.2, 0) is 9.63 Å². The van der Waals surface area contributed by atoms with Crippen molar-refractivity contribution in [1.82, 2.24) is 5.06 Å². The Morgan fingerprint density at radius 1 is 1.41 bits per heavy atom. The first kappa shape index (κ1) is 12.4. The molecule has 1 aliphatic rings. The van der Waals surface area contributed by atoms with E-state index in [-0.39, 0.29) is 11.9 Å². The number of hydrogen-bond acceptors (Lipinski definition) is 2. The van der Waals surface area contributed by atoms with Gasteiger partial charge in [0.2, 0.25) is 0 Å². The van der Waals surface area contributed by atoms with Gasteiger partial charge < -0.3 is 0 Å². The van der Waals surface area contributed by atoms with E-state index in [1.807, 2.05) is 45.0 Å². The normalized spacial score (nSPS) is 20.7. The first-order valence-corrected chi connectivity index (χ1v) is 6.02. The summed E-state index contributed by atoms with van der Waals surface area (Å²) in [6.45, 7) is 6.10. The summed E-state index contributed by atoms with van der Waals surface area (Å²) in [6, 6.07) is 7.34. The molecule has 3 nitrogen and oxygen atoms in total. The molecule has 1 saturated heterocycles. The minimum absolute atomic E-state index is 0.00456. The molecule has 0 N–H and O–H groups in total. The first-order chi connectivity index (χ1) is 7.93. The molecule has 1 aromatic carbocycles. The fourth-order valence-electron chi connectivity index (χ4n) is 1.88. The Hall–Kier alpha value is -1.06. The van der Waals surface area contributed by atoms with Gasteiger partial charge in [-0.05, 0) is 32.4 Å². The molecule has 1 heterocycles. The molecule has 0 aliphatic carbocycles. The summed E-state index contributed by atoms with van der Waals surface area (Å²) >= 11 is 6.12. The van der Waals surface area contributed by atoms with Crippen LogP contribution in [0.1, 0.15) is 32.4 Å². The number of nitrogens with zero attached hydrogens (tertiary/aromatic N) is 1. The Morgan fingerprint density at radius 2 is 2.06 bits per heavy atom. The molecular formula is C13H16ClNO2. The average molecular weight is 254 g/mol. The van der Waals surface area contributed by atoms with E-state index in [9.17, 15) is 4.79 Å². The minimum atomic E-state index is -0.449. The molecule has 1 unspecified atom stereocenters. The van der Waals surface area contributed by atoms with Crippen molar-refractivity contribution in [3.63, 3.8) is 0 Å². The number of benzene rings is 1. The van der Waals surface area contributed by atoms with Crippen LogP contribution in [0.5, 0.6) is 0 Å². The molecule has 1 amide bonds. The van der Waals surface area contributed by atoms with Crippen LogP contribution >= 0.6 is 11.6 Å². The second-order valence-electron chi connectivity index (χ2n) is 4.99. The van der Waals surface area contributed by atoms with Gasteiger partial charge in [-0.1, -0.05) is 29.8 Å². The van der Waals surface area contributed by atoms with Crippen molar-refractivity contribution < 1.29 is 9.63 Å². The SMILES string of the molecule is CC(c1ccccc1Cl)N1OCC(C)(C)C1=O. The Bertz CT molecular complexity index is 445. The highest BCUT2D eigenvalue weighted by atomic mass is 35.5. The second kappa shape index (κ2) is 4.31. The fourth-order valence-corrected chi connectivity index (χ4v) is 2.17. The van der Waals surface area contributed by atoms with Crippen molar-refractivity contribution in [2.24, 2.45) is 5.41 Å². The lowest BCUT2D eigenvalue weighted by molar-refractivity contribution is -0.173. The topological polar surface area (TPSA) is 29.5 Å². The minimum Gasteiger partial charge on any atom is -0.272 e. The van der Waals surface area contributed by atoms with E-state index < -0.39 is 5.41 Å². The third-order valence-corrected chi connectivity index (χ3v) is 3.39. The third-order valence-electron chi connectivity index (χ3n) is 3.05. The summed E-state index contributed by atoms with van der Waals surface area (Å²) in [7, 11) is 0. The van der Waals surface area contributed by atoms with Crippen molar-refractivity contribution in [1.29, 1.82) is 0 Å². The maximum Gasteiger partial charge on any atom is 0.254 e. The summed E-state index contributed by atoms with van der Waals surface area (Å²) in [6.07, 6.45) is 0. The summed E-state index contributed by atoms with van der Waals surface area (Å²) in [5.74, 6) is 0.00456. The van der Waals surface area contributed by atoms with Gasteiger partial charge in [0.1, 0.15) is 0 Å². The van der Waals surface area contributed by atoms with E-state index in [2.05, 4.69) is 0 Å². The molecule has 0 aromatic heterocycles. The molecule has 0 spiro atoms. The van der Waals surface area contributed by atoms with Crippen LogP contribution in [0.2, 0.25) is 5.02 Å². The molecule has 17 heavy (non-hydrogen) atoms. The maximum absolute atomic E-state index is 12.1. The van der Waals surface area contributed by atoms with Crippen LogP contribution in [0.15, 0.2) is 24.3 Å². The number of amides is 1. The lowest BCUT2D eigenvalue weighted by Crippen LogP contribution is -2.32. The molecule has 0 radical (unpaired) electrons. The monoisotopic (exact) mass is 253 g/mol. The molecule has 0 saturated carbocycles. The van der Waals surface area contributed by atoms with Crippen molar-refractivity contribution in [3.05, 3.63) is 34.9 Å². The zero-order valence-electron chi connectivity index (χ0n) is 10.2. The quantitative estimate of drug-likeness (QED) is 0.810. The van der Waals surface area contributed by atoms with Gasteiger partial charge in [0.05, 0.1) is 18.1 Å². The van der Waals surface area contributed by atoms with E-state index in [1.54, 1.807) is 0 Å². The van der Waals surface area contributed by atoms with Crippen LogP contribution in [0, 0.1) is 5.41 Å². The maximum atomic E-state index is 12.1. The fraction of sp³-hybridized carbons (Fsp3) is 0.462. The zero-order chi connectivity index (χ0) is 12.6. The third kappa shape index (κ3) is 2.17. The predicted molar refractivity (Wildman–Crippen MR) is 66.4 cm³/mol. The van der Waals surface area contributed by atoms with Crippen molar-refractivity contribution >= 4 is 17.5 Å². The van der Waals surface area contributed by atoms with E-state index in [0.717, 1.165) is 5.56 Å². The van der Waals surface area contributed by atoms with E-state index in [4.69, 9.17) is 16.4 Å². The van der Waals surface area contributed by atoms with Crippen molar-refractivity contribution in [3.8, 4) is 0 Å². The standard InChI is InChI=1S/C13H16ClNO2/c1-9(10-6-4-5-7-11(10)14)15-12(16)13(2,3)8-17-15/h4-7,9H,8H2,1-3H3. The van der Waals surface area contributed by atoms with Crippen LogP contribution in [0.25, 0.3) is 0 Å². The van der Waals surface area contributed by atoms with Gasteiger partial charge in [-0.15, -0.1) is 0 Å². The smallest absolute Gasteiger partial charge is 0.254 e. The Morgan fingerprint density at radius 3 is 2.59 bits per heavy atom. The van der Waals surface area contributed by atoms with E-state index in [1.165, 1.54) is 5.06 Å². The largest absolute Gasteiger partial charge is 0.272 e. The lowest BCUT2D eigenvalue weighted by atomic mass is 9.94. The summed E-state index contributed by atoms with van der Waals surface area (Å²) in [5.41, 5.74) is 0.454. The van der Waals surface area contributed by atoms with Gasteiger partial charge in [0.15, 0.2) is 0 Å². The number of rotatable bonds is 2. The Labute approximate surface area is 106 Å². The van der Waals surface area contributed by atoms with E-state index >= 15 is 0 Å². The highest BCUT2D eigenvalue weighted by molar-refractivity contribution is 6.31. The molecule has 4 heteroatoms. The average Bonchev–Trinajstić information content (AvgIpc) is 2.54. The first-order valence-electron chi connectivity index (χ1n) is 5.64.